The fourth-order valence-electron chi connectivity index (χ4n) is 2.53. The van der Waals surface area contributed by atoms with E-state index in [4.69, 9.17) is 4.74 Å². The molecule has 3 heterocycles. The number of carbonyl (C=O) groups excluding carboxylic acids is 2. The van der Waals surface area contributed by atoms with Gasteiger partial charge in [0, 0.05) is 25.3 Å². The van der Waals surface area contributed by atoms with E-state index in [0.717, 1.165) is 5.03 Å². The maximum Gasteiger partial charge on any atom is 0.264 e. The number of aromatic amines is 1. The summed E-state index contributed by atoms with van der Waals surface area (Å²) in [6.07, 6.45) is 1.88. The maximum absolute atomic E-state index is 12.6. The van der Waals surface area contributed by atoms with E-state index >= 15 is 0 Å². The van der Waals surface area contributed by atoms with Crippen LogP contribution in [0.25, 0.3) is 0 Å². The molecular weight excluding hydrogens is 362 g/mol. The van der Waals surface area contributed by atoms with Crippen molar-refractivity contribution in [1.82, 2.24) is 25.6 Å². The molecule has 0 unspecified atom stereocenters. The molecule has 0 spiro atoms. The van der Waals surface area contributed by atoms with Gasteiger partial charge >= 0.3 is 0 Å². The van der Waals surface area contributed by atoms with Crippen molar-refractivity contribution in [3.8, 4) is 0 Å². The first-order valence-electron chi connectivity index (χ1n) is 7.91. The smallest absolute Gasteiger partial charge is 0.264 e. The summed E-state index contributed by atoms with van der Waals surface area (Å²) in [6, 6.07) is 3.43. The SMILES string of the molecule is O=C(C[C@@H]1COCCN1C(=O)c1cccs1)NCCSc1cn[nH]n1. The lowest BCUT2D eigenvalue weighted by Gasteiger charge is -2.35. The molecule has 3 rings (SSSR count). The number of carbonyl (C=O) groups is 2. The molecule has 2 aromatic heterocycles. The van der Waals surface area contributed by atoms with Gasteiger partial charge in [0.15, 0.2) is 0 Å². The van der Waals surface area contributed by atoms with E-state index in [9.17, 15) is 9.59 Å². The Morgan fingerprint density at radius 2 is 2.44 bits per heavy atom. The first kappa shape index (κ1) is 17.9. The van der Waals surface area contributed by atoms with Gasteiger partial charge in [-0.3, -0.25) is 9.59 Å². The van der Waals surface area contributed by atoms with Gasteiger partial charge in [-0.25, -0.2) is 0 Å². The fourth-order valence-corrected chi connectivity index (χ4v) is 3.85. The molecule has 0 saturated carbocycles. The largest absolute Gasteiger partial charge is 0.377 e. The number of morpholine rings is 1. The number of thioether (sulfide) groups is 1. The zero-order valence-electron chi connectivity index (χ0n) is 13.5. The number of hydrogen-bond acceptors (Lipinski definition) is 7. The quantitative estimate of drug-likeness (QED) is 0.548. The van der Waals surface area contributed by atoms with Crippen LogP contribution in [0.5, 0.6) is 0 Å². The number of nitrogens with zero attached hydrogens (tertiary/aromatic N) is 3. The van der Waals surface area contributed by atoms with E-state index in [1.54, 1.807) is 17.2 Å². The minimum absolute atomic E-state index is 0.0299. The molecule has 1 aliphatic heterocycles. The highest BCUT2D eigenvalue weighted by molar-refractivity contribution is 7.99. The van der Waals surface area contributed by atoms with Crippen molar-refractivity contribution in [2.75, 3.05) is 32.1 Å². The summed E-state index contributed by atoms with van der Waals surface area (Å²) in [7, 11) is 0. The summed E-state index contributed by atoms with van der Waals surface area (Å²) >= 11 is 2.92. The summed E-state index contributed by atoms with van der Waals surface area (Å²) < 4.78 is 5.46. The van der Waals surface area contributed by atoms with Gasteiger partial charge < -0.3 is 15.0 Å². The molecule has 2 aromatic rings. The summed E-state index contributed by atoms with van der Waals surface area (Å²) in [5.74, 6) is 0.593. The van der Waals surface area contributed by atoms with Crippen LogP contribution in [0.3, 0.4) is 0 Å². The minimum atomic E-state index is -0.230. The molecule has 134 valence electrons. The molecule has 2 N–H and O–H groups in total. The predicted octanol–water partition coefficient (Wildman–Crippen LogP) is 1.01. The molecule has 1 saturated heterocycles. The monoisotopic (exact) mass is 381 g/mol. The van der Waals surface area contributed by atoms with Crippen LogP contribution in [-0.2, 0) is 9.53 Å². The summed E-state index contributed by atoms with van der Waals surface area (Å²) in [6.45, 7) is 1.93. The van der Waals surface area contributed by atoms with Crippen LogP contribution in [0.15, 0.2) is 28.7 Å². The zero-order valence-corrected chi connectivity index (χ0v) is 15.1. The van der Waals surface area contributed by atoms with E-state index in [1.807, 2.05) is 11.4 Å². The average Bonchev–Trinajstić information content (AvgIpc) is 3.32. The normalized spacial score (nSPS) is 17.4. The number of hydrogen-bond donors (Lipinski definition) is 2. The van der Waals surface area contributed by atoms with Crippen LogP contribution in [0.2, 0.25) is 0 Å². The van der Waals surface area contributed by atoms with Gasteiger partial charge in [0.1, 0.15) is 5.03 Å². The van der Waals surface area contributed by atoms with Gasteiger partial charge in [0.05, 0.1) is 30.3 Å². The van der Waals surface area contributed by atoms with E-state index in [1.165, 1.54) is 23.1 Å². The number of H-pyrrole nitrogens is 1. The van der Waals surface area contributed by atoms with Crippen molar-refractivity contribution < 1.29 is 14.3 Å². The highest BCUT2D eigenvalue weighted by Crippen LogP contribution is 2.18. The van der Waals surface area contributed by atoms with Crippen molar-refractivity contribution in [3.63, 3.8) is 0 Å². The lowest BCUT2D eigenvalue weighted by Crippen LogP contribution is -2.50. The summed E-state index contributed by atoms with van der Waals surface area (Å²) in [4.78, 5) is 27.2. The van der Waals surface area contributed by atoms with Crippen molar-refractivity contribution >= 4 is 34.9 Å². The number of thiophene rings is 1. The van der Waals surface area contributed by atoms with Crippen LogP contribution in [0.4, 0.5) is 0 Å². The van der Waals surface area contributed by atoms with Gasteiger partial charge in [-0.05, 0) is 11.4 Å². The zero-order chi connectivity index (χ0) is 17.5. The Labute approximate surface area is 153 Å². The van der Waals surface area contributed by atoms with E-state index in [0.29, 0.717) is 36.9 Å². The fraction of sp³-hybridized carbons (Fsp3) is 0.467. The van der Waals surface area contributed by atoms with Gasteiger partial charge in [-0.2, -0.15) is 10.3 Å². The Kier molecular flexibility index (Phi) is 6.42. The van der Waals surface area contributed by atoms with Crippen molar-refractivity contribution in [2.24, 2.45) is 0 Å². The number of rotatable bonds is 7. The van der Waals surface area contributed by atoms with Gasteiger partial charge in [0.25, 0.3) is 5.91 Å². The minimum Gasteiger partial charge on any atom is -0.377 e. The summed E-state index contributed by atoms with van der Waals surface area (Å²) in [5.41, 5.74) is 0. The van der Waals surface area contributed by atoms with Crippen molar-refractivity contribution in [3.05, 3.63) is 28.6 Å². The first-order chi connectivity index (χ1) is 12.2. The number of amides is 2. The van der Waals surface area contributed by atoms with E-state index in [-0.39, 0.29) is 24.3 Å². The number of nitrogens with one attached hydrogen (secondary N) is 2. The third kappa shape index (κ3) is 5.03. The Balaban J connectivity index is 1.45. The summed E-state index contributed by atoms with van der Waals surface area (Å²) in [5, 5.41) is 15.7. The molecular formula is C15H19N5O3S2. The lowest BCUT2D eigenvalue weighted by atomic mass is 10.1. The van der Waals surface area contributed by atoms with Crippen molar-refractivity contribution in [2.45, 2.75) is 17.5 Å². The Morgan fingerprint density at radius 1 is 1.52 bits per heavy atom. The lowest BCUT2D eigenvalue weighted by molar-refractivity contribution is -0.123. The average molecular weight is 381 g/mol. The molecule has 2 amide bonds. The molecule has 0 aromatic carbocycles. The predicted molar refractivity (Wildman–Crippen MR) is 94.7 cm³/mol. The molecule has 0 radical (unpaired) electrons. The van der Waals surface area contributed by atoms with E-state index in [2.05, 4.69) is 20.7 Å². The molecule has 0 bridgehead atoms. The molecule has 8 nitrogen and oxygen atoms in total. The Bertz CT molecular complexity index is 677. The van der Waals surface area contributed by atoms with Crippen molar-refractivity contribution in [1.29, 1.82) is 0 Å². The molecule has 25 heavy (non-hydrogen) atoms. The van der Waals surface area contributed by atoms with Crippen LogP contribution < -0.4 is 5.32 Å². The second-order valence-corrected chi connectivity index (χ2v) is 7.48. The second-order valence-electron chi connectivity index (χ2n) is 5.42. The first-order valence-corrected chi connectivity index (χ1v) is 9.78. The molecule has 1 aliphatic rings. The van der Waals surface area contributed by atoms with Crippen LogP contribution in [-0.4, -0.2) is 70.2 Å². The number of ether oxygens (including phenoxy) is 1. The molecule has 0 aliphatic carbocycles. The third-order valence-corrected chi connectivity index (χ3v) is 5.47. The van der Waals surface area contributed by atoms with Crippen LogP contribution >= 0.6 is 23.1 Å². The number of aromatic nitrogens is 3. The van der Waals surface area contributed by atoms with E-state index < -0.39 is 0 Å². The van der Waals surface area contributed by atoms with Gasteiger partial charge in [0.2, 0.25) is 5.91 Å². The van der Waals surface area contributed by atoms with Gasteiger partial charge in [-0.1, -0.05) is 6.07 Å². The molecule has 1 atom stereocenters. The standard InChI is InChI=1S/C15H19N5O3S2/c21-13(16-3-7-25-14-9-17-19-18-14)8-11-10-23-5-4-20(11)15(22)12-2-1-6-24-12/h1-2,6,9,11H,3-5,7-8,10H2,(H,16,21)(H,17,18,19)/t11-/m1/s1. The Morgan fingerprint density at radius 3 is 3.20 bits per heavy atom. The molecule has 10 heteroatoms. The maximum atomic E-state index is 12.6. The highest BCUT2D eigenvalue weighted by Gasteiger charge is 2.30. The molecule has 1 fully saturated rings. The second kappa shape index (κ2) is 8.97. The van der Waals surface area contributed by atoms with Gasteiger partial charge in [-0.15, -0.1) is 28.2 Å². The Hall–Kier alpha value is -1.91. The highest BCUT2D eigenvalue weighted by atomic mass is 32.2. The topological polar surface area (TPSA) is 100 Å². The third-order valence-electron chi connectivity index (χ3n) is 3.71. The van der Waals surface area contributed by atoms with Crippen LogP contribution in [0.1, 0.15) is 16.1 Å². The van der Waals surface area contributed by atoms with Crippen LogP contribution in [0, 0.1) is 0 Å².